The summed E-state index contributed by atoms with van der Waals surface area (Å²) in [5.74, 6) is 2.74. The molecule has 1 unspecified atom stereocenters. The van der Waals surface area contributed by atoms with Gasteiger partial charge >= 0.3 is 0 Å². The Kier molecular flexibility index (Phi) is 5.69. The molecule has 37 heavy (non-hydrogen) atoms. The Morgan fingerprint density at radius 3 is 2.57 bits per heavy atom. The number of anilines is 2. The lowest BCUT2D eigenvalue weighted by Crippen LogP contribution is -2.50. The van der Waals surface area contributed by atoms with E-state index in [0.29, 0.717) is 12.6 Å². The average molecular weight is 496 g/mol. The van der Waals surface area contributed by atoms with Gasteiger partial charge in [0.25, 0.3) is 0 Å². The molecule has 2 fully saturated rings. The van der Waals surface area contributed by atoms with E-state index in [1.165, 1.54) is 30.5 Å². The summed E-state index contributed by atoms with van der Waals surface area (Å²) < 4.78 is 7.46. The topological polar surface area (TPSA) is 62.6 Å². The van der Waals surface area contributed by atoms with Crippen LogP contribution in [-0.2, 0) is 19.5 Å². The molecule has 0 saturated carbocycles. The summed E-state index contributed by atoms with van der Waals surface area (Å²) in [5, 5.41) is 6.17. The second-order valence-electron chi connectivity index (χ2n) is 10.4. The van der Waals surface area contributed by atoms with Crippen molar-refractivity contribution in [1.29, 1.82) is 0 Å². The predicted octanol–water partition coefficient (Wildman–Crippen LogP) is 3.73. The van der Waals surface area contributed by atoms with Crippen LogP contribution in [0.25, 0.3) is 11.0 Å². The Morgan fingerprint density at radius 2 is 1.73 bits per heavy atom. The Bertz CT molecular complexity index is 1400. The normalized spacial score (nSPS) is 19.4. The van der Waals surface area contributed by atoms with Crippen molar-refractivity contribution in [2.45, 2.75) is 38.4 Å². The maximum absolute atomic E-state index is 5.36. The van der Waals surface area contributed by atoms with Crippen LogP contribution in [0.15, 0.2) is 54.6 Å². The highest BCUT2D eigenvalue weighted by molar-refractivity contribution is 5.92. The first-order valence-electron chi connectivity index (χ1n) is 13.4. The fourth-order valence-electron chi connectivity index (χ4n) is 6.15. The van der Waals surface area contributed by atoms with Crippen LogP contribution in [0.4, 0.5) is 11.8 Å². The number of methoxy groups -OCH3 is 1. The van der Waals surface area contributed by atoms with Gasteiger partial charge in [-0.05, 0) is 42.6 Å². The highest BCUT2D eigenvalue weighted by Crippen LogP contribution is 2.35. The van der Waals surface area contributed by atoms with Gasteiger partial charge < -0.3 is 14.5 Å². The van der Waals surface area contributed by atoms with E-state index in [9.17, 15) is 0 Å². The monoisotopic (exact) mass is 495 g/mol. The fraction of sp³-hybridized carbons (Fsp3) is 0.414. The lowest BCUT2D eigenvalue weighted by atomic mass is 10.1. The van der Waals surface area contributed by atoms with Crippen LogP contribution in [0, 0.1) is 0 Å². The minimum atomic E-state index is 0.615. The van der Waals surface area contributed by atoms with Crippen molar-refractivity contribution in [2.24, 2.45) is 0 Å². The Hall–Kier alpha value is -3.65. The molecule has 0 N–H and O–H groups in total. The van der Waals surface area contributed by atoms with Crippen LogP contribution in [-0.4, -0.2) is 70.5 Å². The summed E-state index contributed by atoms with van der Waals surface area (Å²) >= 11 is 0. The zero-order valence-electron chi connectivity index (χ0n) is 21.4. The van der Waals surface area contributed by atoms with E-state index in [1.807, 2.05) is 12.1 Å². The fourth-order valence-corrected chi connectivity index (χ4v) is 6.15. The number of aromatic nitrogens is 4. The molecule has 5 heterocycles. The molecule has 2 aromatic heterocycles. The number of ether oxygens (including phenoxy) is 1. The third kappa shape index (κ3) is 4.19. The van der Waals surface area contributed by atoms with Gasteiger partial charge in [0.05, 0.1) is 24.7 Å². The van der Waals surface area contributed by atoms with Crippen molar-refractivity contribution in [3.05, 3.63) is 71.4 Å². The molecule has 0 amide bonds. The third-order valence-electron chi connectivity index (χ3n) is 8.13. The zero-order chi connectivity index (χ0) is 24.8. The van der Waals surface area contributed by atoms with E-state index >= 15 is 0 Å². The van der Waals surface area contributed by atoms with Crippen LogP contribution in [0.3, 0.4) is 0 Å². The number of hydrogen-bond acceptors (Lipinski definition) is 7. The number of benzene rings is 2. The van der Waals surface area contributed by atoms with Crippen molar-refractivity contribution in [3.63, 3.8) is 0 Å². The largest absolute Gasteiger partial charge is 0.497 e. The predicted molar refractivity (Wildman–Crippen MR) is 145 cm³/mol. The summed E-state index contributed by atoms with van der Waals surface area (Å²) in [5.41, 5.74) is 4.54. The maximum atomic E-state index is 5.36. The minimum absolute atomic E-state index is 0.615. The lowest BCUT2D eigenvalue weighted by molar-refractivity contribution is 0.229. The Labute approximate surface area is 217 Å². The number of fused-ring (bicyclic) bond motifs is 1. The van der Waals surface area contributed by atoms with Crippen molar-refractivity contribution in [2.75, 3.05) is 49.6 Å². The molecule has 4 aromatic rings. The van der Waals surface area contributed by atoms with Gasteiger partial charge in [0.1, 0.15) is 11.6 Å². The summed E-state index contributed by atoms with van der Waals surface area (Å²) in [6.07, 6.45) is 3.46. The first-order chi connectivity index (χ1) is 18.2. The molecule has 190 valence electrons. The zero-order valence-corrected chi connectivity index (χ0v) is 21.4. The molecule has 0 aliphatic carbocycles. The van der Waals surface area contributed by atoms with Gasteiger partial charge in [0.15, 0.2) is 5.65 Å². The molecule has 1 atom stereocenters. The van der Waals surface area contributed by atoms with Gasteiger partial charge in [-0.2, -0.15) is 15.1 Å². The second-order valence-corrected chi connectivity index (χ2v) is 10.4. The maximum Gasteiger partial charge on any atom is 0.229 e. The van der Waals surface area contributed by atoms with Crippen molar-refractivity contribution in [1.82, 2.24) is 24.6 Å². The number of rotatable bonds is 6. The van der Waals surface area contributed by atoms with Crippen LogP contribution >= 0.6 is 0 Å². The molecule has 2 saturated heterocycles. The number of nitrogens with zero attached hydrogens (tertiary/aromatic N) is 7. The van der Waals surface area contributed by atoms with E-state index < -0.39 is 0 Å². The van der Waals surface area contributed by atoms with Crippen molar-refractivity contribution in [3.8, 4) is 5.75 Å². The molecular weight excluding hydrogens is 462 g/mol. The Balaban J connectivity index is 1.29. The summed E-state index contributed by atoms with van der Waals surface area (Å²) in [6.45, 7) is 6.70. The highest BCUT2D eigenvalue weighted by atomic mass is 16.5. The van der Waals surface area contributed by atoms with Crippen molar-refractivity contribution < 1.29 is 4.74 Å². The first-order valence-corrected chi connectivity index (χ1v) is 13.4. The molecule has 3 aliphatic rings. The Morgan fingerprint density at radius 1 is 0.892 bits per heavy atom. The lowest BCUT2D eigenvalue weighted by Gasteiger charge is -2.38. The van der Waals surface area contributed by atoms with E-state index in [0.717, 1.165) is 73.4 Å². The van der Waals surface area contributed by atoms with Crippen LogP contribution < -0.4 is 14.5 Å². The van der Waals surface area contributed by atoms with Gasteiger partial charge in [-0.15, -0.1) is 0 Å². The SMILES string of the molecule is COc1ccc(CN2CCc3nn(Cc4ccccc4)c4nc(N5CCN6CCCC6C5)nc2c34)cc1. The quantitative estimate of drug-likeness (QED) is 0.404. The first kappa shape index (κ1) is 22.5. The highest BCUT2D eigenvalue weighted by Gasteiger charge is 2.33. The smallest absolute Gasteiger partial charge is 0.229 e. The van der Waals surface area contributed by atoms with E-state index in [2.05, 4.69) is 61.8 Å². The molecule has 8 heteroatoms. The second kappa shape index (κ2) is 9.34. The van der Waals surface area contributed by atoms with E-state index in [1.54, 1.807) is 7.11 Å². The van der Waals surface area contributed by atoms with Crippen LogP contribution in [0.5, 0.6) is 5.75 Å². The molecule has 0 spiro atoms. The van der Waals surface area contributed by atoms with Gasteiger partial charge in [0.2, 0.25) is 5.95 Å². The molecular formula is C29H33N7O. The number of hydrogen-bond donors (Lipinski definition) is 0. The molecule has 0 bridgehead atoms. The standard InChI is InChI=1S/C29H33N7O/c1-37-24-11-9-22(10-12-24)18-34-15-13-25-26-27(34)30-29(35-17-16-33-14-5-8-23(33)20-35)31-28(26)36(32-25)19-21-6-3-2-4-7-21/h2-4,6-7,9-12,23H,5,8,13-20H2,1H3. The molecule has 0 radical (unpaired) electrons. The van der Waals surface area contributed by atoms with Gasteiger partial charge in [-0.3, -0.25) is 4.90 Å². The van der Waals surface area contributed by atoms with Crippen LogP contribution in [0.1, 0.15) is 29.7 Å². The summed E-state index contributed by atoms with van der Waals surface area (Å²) in [7, 11) is 1.71. The summed E-state index contributed by atoms with van der Waals surface area (Å²) in [6, 6.07) is 19.5. The third-order valence-corrected chi connectivity index (χ3v) is 8.13. The average Bonchev–Trinajstić information content (AvgIpc) is 3.56. The van der Waals surface area contributed by atoms with Gasteiger partial charge in [-0.25, -0.2) is 4.68 Å². The minimum Gasteiger partial charge on any atom is -0.497 e. The summed E-state index contributed by atoms with van der Waals surface area (Å²) in [4.78, 5) is 17.9. The molecule has 2 aromatic carbocycles. The van der Waals surface area contributed by atoms with E-state index in [-0.39, 0.29) is 0 Å². The van der Waals surface area contributed by atoms with E-state index in [4.69, 9.17) is 19.8 Å². The molecule has 3 aliphatic heterocycles. The van der Waals surface area contributed by atoms with Crippen molar-refractivity contribution >= 4 is 22.8 Å². The number of piperazine rings is 1. The molecule has 7 rings (SSSR count). The van der Waals surface area contributed by atoms with Crippen LogP contribution in [0.2, 0.25) is 0 Å². The molecule has 8 nitrogen and oxygen atoms in total. The van der Waals surface area contributed by atoms with Gasteiger partial charge in [-0.1, -0.05) is 42.5 Å². The van der Waals surface area contributed by atoms with Gasteiger partial charge in [0, 0.05) is 45.2 Å².